The Morgan fingerprint density at radius 1 is 1.26 bits per heavy atom. The fourth-order valence-corrected chi connectivity index (χ4v) is 1.94. The van der Waals surface area contributed by atoms with Gasteiger partial charge in [-0.3, -0.25) is 0 Å². The van der Waals surface area contributed by atoms with Crippen molar-refractivity contribution < 1.29 is 9.53 Å². The van der Waals surface area contributed by atoms with Crippen LogP contribution in [0.1, 0.15) is 16.1 Å². The number of benzene rings is 1. The third kappa shape index (κ3) is 2.73. The van der Waals surface area contributed by atoms with Crippen molar-refractivity contribution in [3.63, 3.8) is 0 Å². The summed E-state index contributed by atoms with van der Waals surface area (Å²) < 4.78 is 5.62. The molecule has 0 aliphatic heterocycles. The topological polar surface area (TPSA) is 78.1 Å². The molecule has 0 unspecified atom stereocenters. The lowest BCUT2D eigenvalue weighted by atomic mass is 10.1. The molecule has 6 heteroatoms. The summed E-state index contributed by atoms with van der Waals surface area (Å²) in [5.74, 6) is 0.0739. The van der Waals surface area contributed by atoms with E-state index < -0.39 is 5.97 Å². The van der Waals surface area contributed by atoms with Gasteiger partial charge in [0.25, 0.3) is 0 Å². The molecule has 0 spiro atoms. The quantitative estimate of drug-likeness (QED) is 0.860. The molecule has 0 bridgehead atoms. The Hall–Kier alpha value is -1.95. The van der Waals surface area contributed by atoms with Crippen LogP contribution in [-0.2, 0) is 4.74 Å². The second-order valence-electron chi connectivity index (χ2n) is 3.89. The zero-order valence-corrected chi connectivity index (χ0v) is 12.1. The molecule has 2 N–H and O–H groups in total. The smallest absolute Gasteiger partial charge is 0.343 e. The molecule has 0 saturated heterocycles. The van der Waals surface area contributed by atoms with Crippen LogP contribution in [0.15, 0.2) is 28.7 Å². The zero-order chi connectivity index (χ0) is 14.0. The molecule has 0 saturated carbocycles. The van der Waals surface area contributed by atoms with Crippen molar-refractivity contribution in [3.05, 3.63) is 40.0 Å². The average Bonchev–Trinajstić information content (AvgIpc) is 2.38. The molecule has 98 valence electrons. The van der Waals surface area contributed by atoms with Crippen LogP contribution in [0.2, 0.25) is 0 Å². The number of nitrogens with zero attached hydrogens (tertiary/aromatic N) is 2. The number of anilines is 1. The van der Waals surface area contributed by atoms with Gasteiger partial charge in [-0.2, -0.15) is 0 Å². The van der Waals surface area contributed by atoms with Crippen molar-refractivity contribution in [2.45, 2.75) is 6.92 Å². The Balaban J connectivity index is 2.51. The number of methoxy groups -OCH3 is 1. The SMILES string of the molecule is COC(=O)c1c(C)nc(-c2ccc(Br)cc2)nc1N. The number of rotatable bonds is 2. The summed E-state index contributed by atoms with van der Waals surface area (Å²) in [6.45, 7) is 1.70. The highest BCUT2D eigenvalue weighted by Crippen LogP contribution is 2.22. The van der Waals surface area contributed by atoms with Crippen LogP contribution in [0.4, 0.5) is 5.82 Å². The first kappa shape index (κ1) is 13.5. The Morgan fingerprint density at radius 2 is 1.89 bits per heavy atom. The van der Waals surface area contributed by atoms with E-state index in [1.165, 1.54) is 7.11 Å². The number of nitrogen functional groups attached to an aromatic ring is 1. The van der Waals surface area contributed by atoms with Gasteiger partial charge in [-0.25, -0.2) is 14.8 Å². The van der Waals surface area contributed by atoms with Crippen molar-refractivity contribution in [3.8, 4) is 11.4 Å². The van der Waals surface area contributed by atoms with E-state index in [1.807, 2.05) is 24.3 Å². The first-order valence-electron chi connectivity index (χ1n) is 5.51. The van der Waals surface area contributed by atoms with E-state index in [2.05, 4.69) is 30.6 Å². The number of carbonyl (C=O) groups excluding carboxylic acids is 1. The Morgan fingerprint density at radius 3 is 2.42 bits per heavy atom. The second kappa shape index (κ2) is 5.36. The highest BCUT2D eigenvalue weighted by molar-refractivity contribution is 9.10. The Labute approximate surface area is 119 Å². The van der Waals surface area contributed by atoms with Gasteiger partial charge in [0.1, 0.15) is 11.4 Å². The predicted octanol–water partition coefficient (Wildman–Crippen LogP) is 2.58. The molecular formula is C13H12BrN3O2. The molecule has 0 aliphatic carbocycles. The van der Waals surface area contributed by atoms with Crippen LogP contribution in [0.5, 0.6) is 0 Å². The molecule has 0 radical (unpaired) electrons. The van der Waals surface area contributed by atoms with Crippen LogP contribution < -0.4 is 5.73 Å². The van der Waals surface area contributed by atoms with Gasteiger partial charge in [-0.15, -0.1) is 0 Å². The molecule has 5 nitrogen and oxygen atoms in total. The Bertz CT molecular complexity index is 603. The lowest BCUT2D eigenvalue weighted by Gasteiger charge is -2.08. The molecule has 1 heterocycles. The fourth-order valence-electron chi connectivity index (χ4n) is 1.68. The number of halogens is 1. The largest absolute Gasteiger partial charge is 0.465 e. The molecule has 1 aromatic heterocycles. The fraction of sp³-hybridized carbons (Fsp3) is 0.154. The molecular weight excluding hydrogens is 310 g/mol. The van der Waals surface area contributed by atoms with Gasteiger partial charge in [-0.1, -0.05) is 28.1 Å². The summed E-state index contributed by atoms with van der Waals surface area (Å²) in [5, 5.41) is 0. The Kier molecular flexibility index (Phi) is 3.80. The number of nitrogens with two attached hydrogens (primary N) is 1. The van der Waals surface area contributed by atoms with Crippen LogP contribution in [0, 0.1) is 6.92 Å². The second-order valence-corrected chi connectivity index (χ2v) is 4.81. The molecule has 0 aliphatic rings. The first-order chi connectivity index (χ1) is 9.02. The molecule has 0 atom stereocenters. The summed E-state index contributed by atoms with van der Waals surface area (Å²) in [5.41, 5.74) is 7.34. The van der Waals surface area contributed by atoms with Gasteiger partial charge >= 0.3 is 5.97 Å². The minimum atomic E-state index is -0.530. The van der Waals surface area contributed by atoms with E-state index in [4.69, 9.17) is 5.73 Å². The third-order valence-electron chi connectivity index (χ3n) is 2.61. The highest BCUT2D eigenvalue weighted by Gasteiger charge is 2.17. The lowest BCUT2D eigenvalue weighted by Crippen LogP contribution is -2.12. The number of aromatic nitrogens is 2. The highest BCUT2D eigenvalue weighted by atomic mass is 79.9. The van der Waals surface area contributed by atoms with Crippen molar-refractivity contribution >= 4 is 27.7 Å². The maximum atomic E-state index is 11.6. The van der Waals surface area contributed by atoms with E-state index in [9.17, 15) is 4.79 Å². The molecule has 19 heavy (non-hydrogen) atoms. The van der Waals surface area contributed by atoms with E-state index in [0.717, 1.165) is 10.0 Å². The molecule has 2 aromatic rings. The van der Waals surface area contributed by atoms with E-state index in [1.54, 1.807) is 6.92 Å². The summed E-state index contributed by atoms with van der Waals surface area (Å²) in [4.78, 5) is 20.0. The van der Waals surface area contributed by atoms with E-state index in [0.29, 0.717) is 11.5 Å². The monoisotopic (exact) mass is 321 g/mol. The average molecular weight is 322 g/mol. The summed E-state index contributed by atoms with van der Waals surface area (Å²) in [6, 6.07) is 7.52. The normalized spacial score (nSPS) is 10.3. The first-order valence-corrected chi connectivity index (χ1v) is 6.30. The van der Waals surface area contributed by atoms with Crippen molar-refractivity contribution in [2.75, 3.05) is 12.8 Å². The lowest BCUT2D eigenvalue weighted by molar-refractivity contribution is 0.0600. The number of esters is 1. The van der Waals surface area contributed by atoms with Crippen molar-refractivity contribution in [2.24, 2.45) is 0 Å². The van der Waals surface area contributed by atoms with Gasteiger partial charge in [0.2, 0.25) is 0 Å². The zero-order valence-electron chi connectivity index (χ0n) is 10.5. The van der Waals surface area contributed by atoms with Gasteiger partial charge in [-0.05, 0) is 19.1 Å². The minimum absolute atomic E-state index is 0.122. The van der Waals surface area contributed by atoms with Gasteiger partial charge < -0.3 is 10.5 Å². The molecule has 0 fully saturated rings. The van der Waals surface area contributed by atoms with Gasteiger partial charge in [0.15, 0.2) is 5.82 Å². The van der Waals surface area contributed by atoms with Gasteiger partial charge in [0.05, 0.1) is 12.8 Å². The van der Waals surface area contributed by atoms with Gasteiger partial charge in [0, 0.05) is 10.0 Å². The van der Waals surface area contributed by atoms with E-state index in [-0.39, 0.29) is 11.4 Å². The van der Waals surface area contributed by atoms with Crippen molar-refractivity contribution in [1.82, 2.24) is 9.97 Å². The van der Waals surface area contributed by atoms with Crippen LogP contribution in [-0.4, -0.2) is 23.0 Å². The summed E-state index contributed by atoms with van der Waals surface area (Å²) >= 11 is 3.36. The maximum absolute atomic E-state index is 11.6. The molecule has 1 aromatic carbocycles. The van der Waals surface area contributed by atoms with Crippen LogP contribution in [0.25, 0.3) is 11.4 Å². The standard InChI is InChI=1S/C13H12BrN3O2/c1-7-10(13(18)19-2)11(15)17-12(16-7)8-3-5-9(14)6-4-8/h3-6H,1-2H3,(H2,15,16,17). The summed E-state index contributed by atoms with van der Waals surface area (Å²) in [6.07, 6.45) is 0. The number of ether oxygens (including phenoxy) is 1. The third-order valence-corrected chi connectivity index (χ3v) is 3.14. The van der Waals surface area contributed by atoms with E-state index >= 15 is 0 Å². The number of hydrogen-bond acceptors (Lipinski definition) is 5. The maximum Gasteiger partial charge on any atom is 0.343 e. The molecule has 0 amide bonds. The van der Waals surface area contributed by atoms with Crippen LogP contribution in [0.3, 0.4) is 0 Å². The summed E-state index contributed by atoms with van der Waals surface area (Å²) in [7, 11) is 1.30. The van der Waals surface area contributed by atoms with Crippen molar-refractivity contribution in [1.29, 1.82) is 0 Å². The molecule has 2 rings (SSSR count). The number of aryl methyl sites for hydroxylation is 1. The van der Waals surface area contributed by atoms with Crippen LogP contribution >= 0.6 is 15.9 Å². The number of carbonyl (C=O) groups is 1. The predicted molar refractivity (Wildman–Crippen MR) is 75.7 cm³/mol. The number of hydrogen-bond donors (Lipinski definition) is 1. The minimum Gasteiger partial charge on any atom is -0.465 e.